The minimum absolute atomic E-state index is 0.0130. The van der Waals surface area contributed by atoms with Crippen LogP contribution in [-0.4, -0.2) is 22.1 Å². The van der Waals surface area contributed by atoms with Gasteiger partial charge in [-0.05, 0) is 30.0 Å². The normalized spacial score (nSPS) is 10.3. The molecule has 1 heterocycles. The molecule has 0 radical (unpaired) electrons. The molecule has 1 N–H and O–H groups in total. The number of hydrogen-bond donors (Lipinski definition) is 1. The highest BCUT2D eigenvalue weighted by Crippen LogP contribution is 2.21. The first kappa shape index (κ1) is 14.1. The Kier molecular flexibility index (Phi) is 4.63. The smallest absolute Gasteiger partial charge is 0.257 e. The minimum Gasteiger partial charge on any atom is -0.306 e. The summed E-state index contributed by atoms with van der Waals surface area (Å²) in [4.78, 5) is 20.6. The Morgan fingerprint density at radius 1 is 1.26 bits per heavy atom. The summed E-state index contributed by atoms with van der Waals surface area (Å²) in [6.45, 7) is 0. The van der Waals surface area contributed by atoms with Crippen LogP contribution in [0.25, 0.3) is 0 Å². The van der Waals surface area contributed by atoms with Gasteiger partial charge in [0.15, 0.2) is 0 Å². The van der Waals surface area contributed by atoms with Crippen molar-refractivity contribution >= 4 is 46.7 Å². The van der Waals surface area contributed by atoms with Crippen molar-refractivity contribution in [3.63, 3.8) is 0 Å². The number of carbonyl (C=O) groups is 1. The van der Waals surface area contributed by atoms with E-state index in [1.807, 2.05) is 18.4 Å². The SMILES string of the molecule is CSc1ccccc1C(=O)Nc1cc(Cl)nc(Cl)n1. The van der Waals surface area contributed by atoms with Crippen LogP contribution in [0.3, 0.4) is 0 Å². The fraction of sp³-hybridized carbons (Fsp3) is 0.0833. The fourth-order valence-corrected chi connectivity index (χ4v) is 2.47. The van der Waals surface area contributed by atoms with Gasteiger partial charge in [-0.15, -0.1) is 11.8 Å². The van der Waals surface area contributed by atoms with Crippen molar-refractivity contribution in [3.05, 3.63) is 46.3 Å². The quantitative estimate of drug-likeness (QED) is 0.532. The molecular formula is C12H9Cl2N3OS. The molecule has 2 rings (SSSR count). The Labute approximate surface area is 124 Å². The molecule has 98 valence electrons. The molecule has 0 spiro atoms. The van der Waals surface area contributed by atoms with Crippen molar-refractivity contribution in [3.8, 4) is 0 Å². The molecule has 0 unspecified atom stereocenters. The first-order chi connectivity index (χ1) is 9.10. The Hall–Kier alpha value is -1.30. The van der Waals surface area contributed by atoms with E-state index in [0.717, 1.165) is 4.90 Å². The van der Waals surface area contributed by atoms with Crippen LogP contribution in [0.15, 0.2) is 35.2 Å². The number of hydrogen-bond acceptors (Lipinski definition) is 4. The lowest BCUT2D eigenvalue weighted by Gasteiger charge is -2.08. The molecule has 1 aromatic carbocycles. The van der Waals surface area contributed by atoms with E-state index < -0.39 is 0 Å². The van der Waals surface area contributed by atoms with Crippen molar-refractivity contribution in [1.82, 2.24) is 9.97 Å². The van der Waals surface area contributed by atoms with E-state index in [1.54, 1.807) is 12.1 Å². The highest BCUT2D eigenvalue weighted by molar-refractivity contribution is 7.98. The lowest BCUT2D eigenvalue weighted by atomic mass is 10.2. The van der Waals surface area contributed by atoms with E-state index in [9.17, 15) is 4.79 Å². The van der Waals surface area contributed by atoms with E-state index in [0.29, 0.717) is 5.56 Å². The van der Waals surface area contributed by atoms with Crippen molar-refractivity contribution in [1.29, 1.82) is 0 Å². The molecule has 4 nitrogen and oxygen atoms in total. The topological polar surface area (TPSA) is 54.9 Å². The zero-order valence-corrected chi connectivity index (χ0v) is 12.2. The molecule has 0 saturated heterocycles. The zero-order chi connectivity index (χ0) is 13.8. The second-order valence-corrected chi connectivity index (χ2v) is 5.07. The number of halogens is 2. The Morgan fingerprint density at radius 2 is 2.00 bits per heavy atom. The molecule has 2 aromatic rings. The van der Waals surface area contributed by atoms with Crippen molar-refractivity contribution in [2.24, 2.45) is 0 Å². The van der Waals surface area contributed by atoms with Gasteiger partial charge in [0.05, 0.1) is 5.56 Å². The second-order valence-electron chi connectivity index (χ2n) is 3.50. The first-order valence-corrected chi connectivity index (χ1v) is 7.22. The third kappa shape index (κ3) is 3.59. The summed E-state index contributed by atoms with van der Waals surface area (Å²) >= 11 is 12.9. The average Bonchev–Trinajstić information content (AvgIpc) is 2.37. The summed E-state index contributed by atoms with van der Waals surface area (Å²) in [7, 11) is 0. The summed E-state index contributed by atoms with van der Waals surface area (Å²) in [5, 5.41) is 2.80. The average molecular weight is 314 g/mol. The van der Waals surface area contributed by atoms with Crippen LogP contribution in [0, 0.1) is 0 Å². The molecule has 0 fully saturated rings. The van der Waals surface area contributed by atoms with Gasteiger partial charge in [-0.1, -0.05) is 23.7 Å². The Morgan fingerprint density at radius 3 is 2.68 bits per heavy atom. The summed E-state index contributed by atoms with van der Waals surface area (Å²) in [5.74, 6) is 0.00156. The minimum atomic E-state index is -0.268. The Bertz CT molecular complexity index is 601. The van der Waals surface area contributed by atoms with Gasteiger partial charge in [-0.2, -0.15) is 0 Å². The van der Waals surface area contributed by atoms with Crippen LogP contribution in [0.1, 0.15) is 10.4 Å². The van der Waals surface area contributed by atoms with Gasteiger partial charge in [0, 0.05) is 11.0 Å². The molecule has 0 aliphatic rings. The number of nitrogens with zero attached hydrogens (tertiary/aromatic N) is 2. The third-order valence-electron chi connectivity index (χ3n) is 2.26. The molecule has 19 heavy (non-hydrogen) atoms. The van der Waals surface area contributed by atoms with Crippen LogP contribution < -0.4 is 5.32 Å². The number of aromatic nitrogens is 2. The largest absolute Gasteiger partial charge is 0.306 e. The third-order valence-corrected chi connectivity index (χ3v) is 3.42. The molecule has 0 atom stereocenters. The van der Waals surface area contributed by atoms with E-state index in [-0.39, 0.29) is 22.2 Å². The van der Waals surface area contributed by atoms with Crippen LogP contribution in [0.5, 0.6) is 0 Å². The van der Waals surface area contributed by atoms with E-state index in [1.165, 1.54) is 17.8 Å². The lowest BCUT2D eigenvalue weighted by Crippen LogP contribution is -2.14. The number of rotatable bonds is 3. The maximum Gasteiger partial charge on any atom is 0.257 e. The summed E-state index contributed by atoms with van der Waals surface area (Å²) in [6.07, 6.45) is 1.91. The number of thioether (sulfide) groups is 1. The fourth-order valence-electron chi connectivity index (χ4n) is 1.47. The molecule has 0 aliphatic carbocycles. The van der Waals surface area contributed by atoms with Gasteiger partial charge in [-0.25, -0.2) is 9.97 Å². The predicted molar refractivity (Wildman–Crippen MR) is 78.2 cm³/mol. The van der Waals surface area contributed by atoms with Gasteiger partial charge < -0.3 is 5.32 Å². The zero-order valence-electron chi connectivity index (χ0n) is 9.85. The standard InChI is InChI=1S/C12H9Cl2N3OS/c1-19-8-5-3-2-4-7(8)11(18)16-10-6-9(13)15-12(14)17-10/h2-6H,1H3,(H,15,16,17,18). The van der Waals surface area contributed by atoms with E-state index in [4.69, 9.17) is 23.2 Å². The maximum absolute atomic E-state index is 12.1. The molecular weight excluding hydrogens is 305 g/mol. The highest BCUT2D eigenvalue weighted by atomic mass is 35.5. The highest BCUT2D eigenvalue weighted by Gasteiger charge is 2.12. The van der Waals surface area contributed by atoms with E-state index >= 15 is 0 Å². The Balaban J connectivity index is 2.25. The van der Waals surface area contributed by atoms with Crippen LogP contribution >= 0.6 is 35.0 Å². The second kappa shape index (κ2) is 6.23. The predicted octanol–water partition coefficient (Wildman–Crippen LogP) is 3.76. The van der Waals surface area contributed by atoms with E-state index in [2.05, 4.69) is 15.3 Å². The molecule has 1 aromatic heterocycles. The van der Waals surface area contributed by atoms with Crippen LogP contribution in [0.2, 0.25) is 10.4 Å². The van der Waals surface area contributed by atoms with Crippen LogP contribution in [-0.2, 0) is 0 Å². The molecule has 1 amide bonds. The number of amides is 1. The summed E-state index contributed by atoms with van der Waals surface area (Å²) < 4.78 is 0. The monoisotopic (exact) mass is 313 g/mol. The first-order valence-electron chi connectivity index (χ1n) is 5.24. The summed E-state index contributed by atoms with van der Waals surface area (Å²) in [5.41, 5.74) is 0.570. The molecule has 0 saturated carbocycles. The number of benzene rings is 1. The lowest BCUT2D eigenvalue weighted by molar-refractivity contribution is 0.102. The van der Waals surface area contributed by atoms with Gasteiger partial charge in [0.1, 0.15) is 11.0 Å². The molecule has 7 heteroatoms. The maximum atomic E-state index is 12.1. The van der Waals surface area contributed by atoms with Gasteiger partial charge in [-0.3, -0.25) is 4.79 Å². The van der Waals surface area contributed by atoms with Gasteiger partial charge >= 0.3 is 0 Å². The van der Waals surface area contributed by atoms with Crippen LogP contribution in [0.4, 0.5) is 5.82 Å². The van der Waals surface area contributed by atoms with Crippen molar-refractivity contribution in [2.45, 2.75) is 4.90 Å². The van der Waals surface area contributed by atoms with Gasteiger partial charge in [0.2, 0.25) is 5.28 Å². The number of anilines is 1. The number of carbonyl (C=O) groups excluding carboxylic acids is 1. The summed E-state index contributed by atoms with van der Waals surface area (Å²) in [6, 6.07) is 8.73. The molecule has 0 aliphatic heterocycles. The molecule has 0 bridgehead atoms. The van der Waals surface area contributed by atoms with Gasteiger partial charge in [0.25, 0.3) is 5.91 Å². The van der Waals surface area contributed by atoms with Crippen molar-refractivity contribution < 1.29 is 4.79 Å². The van der Waals surface area contributed by atoms with Crippen molar-refractivity contribution in [2.75, 3.05) is 11.6 Å². The number of nitrogens with one attached hydrogen (secondary N) is 1.